The first-order valence-corrected chi connectivity index (χ1v) is 10.7. The molecule has 1 aromatic heterocycles. The average Bonchev–Trinajstić information content (AvgIpc) is 3.15. The minimum atomic E-state index is -0.130. The molecule has 1 heterocycles. The smallest absolute Gasteiger partial charge is 0.234 e. The normalized spacial score (nSPS) is 10.8. The maximum atomic E-state index is 12.3. The van der Waals surface area contributed by atoms with E-state index >= 15 is 0 Å². The molecule has 8 heteroatoms. The molecule has 0 aliphatic rings. The second-order valence-electron chi connectivity index (χ2n) is 6.79. The quantitative estimate of drug-likeness (QED) is 0.417. The second-order valence-corrected chi connectivity index (χ2v) is 7.74. The van der Waals surface area contributed by atoms with E-state index in [9.17, 15) is 4.79 Å². The van der Waals surface area contributed by atoms with Gasteiger partial charge in [0.15, 0.2) is 11.0 Å². The first kappa shape index (κ1) is 20.7. The maximum Gasteiger partial charge on any atom is 0.234 e. The first-order valence-electron chi connectivity index (χ1n) is 9.69. The van der Waals surface area contributed by atoms with Crippen molar-refractivity contribution >= 4 is 34.1 Å². The van der Waals surface area contributed by atoms with Crippen LogP contribution in [0.3, 0.4) is 0 Å². The highest BCUT2D eigenvalue weighted by Crippen LogP contribution is 2.26. The molecule has 1 amide bonds. The number of aromatic nitrogens is 3. The summed E-state index contributed by atoms with van der Waals surface area (Å²) in [6.07, 6.45) is 0. The molecular weight excluding hydrogens is 412 g/mol. The van der Waals surface area contributed by atoms with Crippen molar-refractivity contribution in [2.75, 3.05) is 18.2 Å². The van der Waals surface area contributed by atoms with Gasteiger partial charge >= 0.3 is 0 Å². The molecule has 0 saturated carbocycles. The molecule has 31 heavy (non-hydrogen) atoms. The Kier molecular flexibility index (Phi) is 6.37. The number of methoxy groups -OCH3 is 1. The number of rotatable bonds is 8. The Morgan fingerprint density at radius 3 is 2.74 bits per heavy atom. The summed E-state index contributed by atoms with van der Waals surface area (Å²) < 4.78 is 13.0. The van der Waals surface area contributed by atoms with E-state index in [1.165, 1.54) is 11.8 Å². The van der Waals surface area contributed by atoms with Crippen molar-refractivity contribution in [1.29, 1.82) is 0 Å². The van der Waals surface area contributed by atoms with Crippen LogP contribution in [0.25, 0.3) is 10.8 Å². The zero-order valence-corrected chi connectivity index (χ0v) is 18.1. The zero-order chi connectivity index (χ0) is 21.6. The third-order valence-electron chi connectivity index (χ3n) is 4.72. The molecule has 0 atom stereocenters. The van der Waals surface area contributed by atoms with Crippen LogP contribution < -0.4 is 14.8 Å². The number of hydrogen-bond acceptors (Lipinski definition) is 6. The summed E-state index contributed by atoms with van der Waals surface area (Å²) in [6.45, 7) is 0.286. The Morgan fingerprint density at radius 2 is 1.87 bits per heavy atom. The fourth-order valence-corrected chi connectivity index (χ4v) is 3.82. The highest BCUT2D eigenvalue weighted by Gasteiger charge is 2.13. The van der Waals surface area contributed by atoms with Gasteiger partial charge in [-0.25, -0.2) is 0 Å². The molecule has 0 unspecified atom stereocenters. The van der Waals surface area contributed by atoms with Gasteiger partial charge in [-0.1, -0.05) is 54.2 Å². The fourth-order valence-electron chi connectivity index (χ4n) is 3.09. The van der Waals surface area contributed by atoms with Crippen molar-refractivity contribution in [3.8, 4) is 11.5 Å². The largest absolute Gasteiger partial charge is 0.497 e. The molecule has 0 spiro atoms. The SMILES string of the molecule is COc1cccc(NC(=O)CSc2nnc(COc3cccc4ccccc34)n2C)c1. The predicted molar refractivity (Wildman–Crippen MR) is 122 cm³/mol. The molecule has 4 aromatic rings. The summed E-state index contributed by atoms with van der Waals surface area (Å²) in [4.78, 5) is 12.3. The zero-order valence-electron chi connectivity index (χ0n) is 17.2. The number of fused-ring (bicyclic) bond motifs is 1. The number of amides is 1. The molecule has 158 valence electrons. The van der Waals surface area contributed by atoms with Gasteiger partial charge in [0.2, 0.25) is 5.91 Å². The van der Waals surface area contributed by atoms with E-state index in [2.05, 4.69) is 27.6 Å². The first-order chi connectivity index (χ1) is 15.1. The predicted octanol–water partition coefficient (Wildman–Crippen LogP) is 4.29. The lowest BCUT2D eigenvalue weighted by molar-refractivity contribution is -0.113. The van der Waals surface area contributed by atoms with Gasteiger partial charge in [-0.2, -0.15) is 0 Å². The number of nitrogens with one attached hydrogen (secondary N) is 1. The van der Waals surface area contributed by atoms with Gasteiger partial charge in [0, 0.05) is 24.2 Å². The third-order valence-corrected chi connectivity index (χ3v) is 5.74. The minimum absolute atomic E-state index is 0.130. The van der Waals surface area contributed by atoms with Gasteiger partial charge in [0.25, 0.3) is 0 Å². The summed E-state index contributed by atoms with van der Waals surface area (Å²) in [7, 11) is 3.45. The summed E-state index contributed by atoms with van der Waals surface area (Å²) in [5.74, 6) is 2.26. The lowest BCUT2D eigenvalue weighted by Gasteiger charge is -2.09. The number of carbonyl (C=O) groups is 1. The molecular formula is C23H22N4O3S. The number of carbonyl (C=O) groups excluding carboxylic acids is 1. The van der Waals surface area contributed by atoms with Crippen LogP contribution in [0.5, 0.6) is 11.5 Å². The lowest BCUT2D eigenvalue weighted by atomic mass is 10.1. The van der Waals surface area contributed by atoms with Crippen LogP contribution in [0.2, 0.25) is 0 Å². The van der Waals surface area contributed by atoms with Crippen LogP contribution in [-0.2, 0) is 18.4 Å². The fraction of sp³-hybridized carbons (Fsp3) is 0.174. The highest BCUT2D eigenvalue weighted by atomic mass is 32.2. The summed E-state index contributed by atoms with van der Waals surface area (Å²) in [5.41, 5.74) is 0.687. The molecule has 0 bridgehead atoms. The van der Waals surface area contributed by atoms with Gasteiger partial charge in [-0.15, -0.1) is 10.2 Å². The second kappa shape index (κ2) is 9.53. The lowest BCUT2D eigenvalue weighted by Crippen LogP contribution is -2.14. The van der Waals surface area contributed by atoms with Crippen LogP contribution in [0.4, 0.5) is 5.69 Å². The van der Waals surface area contributed by atoms with Crippen molar-refractivity contribution in [2.45, 2.75) is 11.8 Å². The summed E-state index contributed by atoms with van der Waals surface area (Å²) in [5, 5.41) is 14.1. The van der Waals surface area contributed by atoms with Crippen molar-refractivity contribution < 1.29 is 14.3 Å². The van der Waals surface area contributed by atoms with Gasteiger partial charge in [-0.05, 0) is 23.6 Å². The Bertz CT molecular complexity index is 1200. The number of benzene rings is 3. The topological polar surface area (TPSA) is 78.3 Å². The van der Waals surface area contributed by atoms with Crippen LogP contribution >= 0.6 is 11.8 Å². The Labute approximate surface area is 184 Å². The van der Waals surface area contributed by atoms with Gasteiger partial charge < -0.3 is 19.4 Å². The van der Waals surface area contributed by atoms with Crippen molar-refractivity contribution in [1.82, 2.24) is 14.8 Å². The van der Waals surface area contributed by atoms with Crippen LogP contribution in [0.1, 0.15) is 5.82 Å². The molecule has 4 rings (SSSR count). The van der Waals surface area contributed by atoms with E-state index in [4.69, 9.17) is 9.47 Å². The number of nitrogens with zero attached hydrogens (tertiary/aromatic N) is 3. The van der Waals surface area contributed by atoms with E-state index in [1.54, 1.807) is 13.2 Å². The Morgan fingerprint density at radius 1 is 1.06 bits per heavy atom. The molecule has 3 aromatic carbocycles. The number of ether oxygens (including phenoxy) is 2. The molecule has 0 aliphatic carbocycles. The molecule has 7 nitrogen and oxygen atoms in total. The van der Waals surface area contributed by atoms with Crippen LogP contribution in [0, 0.1) is 0 Å². The molecule has 0 fully saturated rings. The monoisotopic (exact) mass is 434 g/mol. The molecule has 0 saturated heterocycles. The number of hydrogen-bond donors (Lipinski definition) is 1. The third kappa shape index (κ3) is 4.97. The summed E-state index contributed by atoms with van der Waals surface area (Å²) in [6, 6.07) is 21.3. The van der Waals surface area contributed by atoms with E-state index in [0.29, 0.717) is 22.4 Å². The van der Waals surface area contributed by atoms with E-state index < -0.39 is 0 Å². The van der Waals surface area contributed by atoms with E-state index in [0.717, 1.165) is 16.5 Å². The summed E-state index contributed by atoms with van der Waals surface area (Å²) >= 11 is 1.32. The Balaban J connectivity index is 1.35. The number of anilines is 1. The molecule has 1 N–H and O–H groups in total. The van der Waals surface area contributed by atoms with E-state index in [-0.39, 0.29) is 18.3 Å². The highest BCUT2D eigenvalue weighted by molar-refractivity contribution is 7.99. The standard InChI is InChI=1S/C23H22N4O3S/c1-27-21(14-30-20-12-5-8-16-7-3-4-11-19(16)20)25-26-23(27)31-15-22(28)24-17-9-6-10-18(13-17)29-2/h3-13H,14-15H2,1-2H3,(H,24,28). The molecule has 0 aliphatic heterocycles. The van der Waals surface area contributed by atoms with Gasteiger partial charge in [0.05, 0.1) is 12.9 Å². The Hall–Kier alpha value is -3.52. The van der Waals surface area contributed by atoms with Crippen LogP contribution in [-0.4, -0.2) is 33.5 Å². The number of thioether (sulfide) groups is 1. The minimum Gasteiger partial charge on any atom is -0.497 e. The average molecular weight is 435 g/mol. The maximum absolute atomic E-state index is 12.3. The van der Waals surface area contributed by atoms with Crippen molar-refractivity contribution in [2.24, 2.45) is 7.05 Å². The van der Waals surface area contributed by atoms with Crippen molar-refractivity contribution in [3.63, 3.8) is 0 Å². The van der Waals surface area contributed by atoms with Gasteiger partial charge in [0.1, 0.15) is 18.1 Å². The van der Waals surface area contributed by atoms with Crippen molar-refractivity contribution in [3.05, 3.63) is 72.6 Å². The van der Waals surface area contributed by atoms with Crippen LogP contribution in [0.15, 0.2) is 71.9 Å². The van der Waals surface area contributed by atoms with E-state index in [1.807, 2.05) is 60.1 Å². The molecule has 0 radical (unpaired) electrons. The van der Waals surface area contributed by atoms with Gasteiger partial charge in [-0.3, -0.25) is 4.79 Å².